The molecule has 0 aromatic heterocycles. The van der Waals surface area contributed by atoms with Gasteiger partial charge in [-0.3, -0.25) is 14.4 Å². The van der Waals surface area contributed by atoms with Gasteiger partial charge >= 0.3 is 8.80 Å². The van der Waals surface area contributed by atoms with Gasteiger partial charge in [0.2, 0.25) is 0 Å². The van der Waals surface area contributed by atoms with Crippen molar-refractivity contribution in [3.63, 3.8) is 0 Å². The van der Waals surface area contributed by atoms with E-state index in [2.05, 4.69) is 0 Å². The van der Waals surface area contributed by atoms with Gasteiger partial charge in [-0.25, -0.2) is 8.78 Å². The van der Waals surface area contributed by atoms with Crippen molar-refractivity contribution >= 4 is 31.9 Å². The molecule has 0 amide bonds. The summed E-state index contributed by atoms with van der Waals surface area (Å²) in [6.07, 6.45) is -0.0564. The van der Waals surface area contributed by atoms with E-state index in [9.17, 15) is 23.2 Å². The van der Waals surface area contributed by atoms with E-state index >= 15 is 0 Å². The van der Waals surface area contributed by atoms with Crippen molar-refractivity contribution < 1.29 is 36.4 Å². The van der Waals surface area contributed by atoms with Crippen molar-refractivity contribution in [2.24, 2.45) is 0 Å². The molecule has 2 aromatic carbocycles. The van der Waals surface area contributed by atoms with Crippen LogP contribution in [0.15, 0.2) is 42.5 Å². The predicted molar refractivity (Wildman–Crippen MR) is 106 cm³/mol. The van der Waals surface area contributed by atoms with Crippen molar-refractivity contribution in [2.45, 2.75) is 40.0 Å². The van der Waals surface area contributed by atoms with Crippen molar-refractivity contribution in [2.75, 3.05) is 0 Å². The number of carbonyl (C=O) groups is 3. The molecular formula is C21H22F2O6Si. The topological polar surface area (TPSA) is 78.9 Å². The Bertz CT molecular complexity index is 884. The molecule has 0 spiro atoms. The normalized spacial score (nSPS) is 11.0. The van der Waals surface area contributed by atoms with Gasteiger partial charge in [0.15, 0.2) is 11.6 Å². The molecule has 0 N–H and O–H groups in total. The van der Waals surface area contributed by atoms with Crippen LogP contribution in [0.4, 0.5) is 8.78 Å². The highest BCUT2D eigenvalue weighted by molar-refractivity contribution is 6.79. The summed E-state index contributed by atoms with van der Waals surface area (Å²) in [6, 6.07) is 9.48. The molecule has 0 atom stereocenters. The smallest absolute Gasteiger partial charge is 0.452 e. The molecule has 30 heavy (non-hydrogen) atoms. The second-order valence-corrected chi connectivity index (χ2v) is 8.55. The lowest BCUT2D eigenvalue weighted by molar-refractivity contribution is -0.149. The standard InChI is InChI=1S/C21H22F2O6Si/c1-4-19(24)27-30(28-20(25)5-2,29-21(26)6-3)16-10-7-14(8-11-16)15-9-12-17(22)18(23)13-15/h7-13H,4-6H2,1-3H3. The van der Waals surface area contributed by atoms with Crippen molar-refractivity contribution in [3.8, 4) is 11.1 Å². The van der Waals surface area contributed by atoms with Gasteiger partial charge in [-0.15, -0.1) is 0 Å². The maximum Gasteiger partial charge on any atom is 0.742 e. The molecule has 9 heteroatoms. The number of benzene rings is 2. The molecule has 2 aromatic rings. The fourth-order valence-corrected chi connectivity index (χ4v) is 4.83. The summed E-state index contributed by atoms with van der Waals surface area (Å²) in [5.74, 6) is -4.05. The van der Waals surface area contributed by atoms with Gasteiger partial charge in [-0.2, -0.15) is 0 Å². The first kappa shape index (κ1) is 23.2. The maximum absolute atomic E-state index is 13.5. The zero-order valence-electron chi connectivity index (χ0n) is 16.9. The van der Waals surface area contributed by atoms with E-state index in [1.807, 2.05) is 0 Å². The summed E-state index contributed by atoms with van der Waals surface area (Å²) in [5, 5.41) is 0.208. The van der Waals surface area contributed by atoms with E-state index < -0.39 is 38.3 Å². The average molecular weight is 436 g/mol. The van der Waals surface area contributed by atoms with Crippen LogP contribution in [-0.4, -0.2) is 26.7 Å². The Labute approximate surface area is 174 Å². The molecule has 0 aliphatic heterocycles. The molecule has 0 aliphatic carbocycles. The third-order valence-corrected chi connectivity index (χ3v) is 6.63. The molecule has 0 saturated heterocycles. The Kier molecular flexibility index (Phi) is 7.82. The minimum atomic E-state index is -4.25. The minimum absolute atomic E-state index is 0.0188. The first-order chi connectivity index (χ1) is 14.2. The second-order valence-electron chi connectivity index (χ2n) is 6.25. The average Bonchev–Trinajstić information content (AvgIpc) is 2.75. The molecule has 0 saturated carbocycles. The molecule has 2 rings (SSSR count). The Morgan fingerprint density at radius 1 is 0.700 bits per heavy atom. The summed E-state index contributed by atoms with van der Waals surface area (Å²) in [4.78, 5) is 36.2. The molecule has 0 bridgehead atoms. The van der Waals surface area contributed by atoms with Crippen LogP contribution in [0.2, 0.25) is 0 Å². The first-order valence-electron chi connectivity index (χ1n) is 9.46. The van der Waals surface area contributed by atoms with Crippen LogP contribution in [0.25, 0.3) is 11.1 Å². The van der Waals surface area contributed by atoms with Crippen molar-refractivity contribution in [1.29, 1.82) is 0 Å². The van der Waals surface area contributed by atoms with Gasteiger partial charge in [-0.05, 0) is 23.3 Å². The molecule has 0 aliphatic rings. The number of carbonyl (C=O) groups excluding carboxylic acids is 3. The van der Waals surface area contributed by atoms with E-state index in [0.29, 0.717) is 11.1 Å². The lowest BCUT2D eigenvalue weighted by Crippen LogP contribution is -2.59. The number of hydrogen-bond donors (Lipinski definition) is 0. The van der Waals surface area contributed by atoms with Gasteiger partial charge in [0.1, 0.15) is 0 Å². The van der Waals surface area contributed by atoms with Crippen LogP contribution < -0.4 is 5.19 Å². The van der Waals surface area contributed by atoms with Crippen LogP contribution >= 0.6 is 0 Å². The van der Waals surface area contributed by atoms with Crippen LogP contribution in [0.5, 0.6) is 0 Å². The first-order valence-corrected chi connectivity index (χ1v) is 11.2. The van der Waals surface area contributed by atoms with Crippen molar-refractivity contribution in [3.05, 3.63) is 54.1 Å². The Morgan fingerprint density at radius 3 is 1.53 bits per heavy atom. The predicted octanol–water partition coefficient (Wildman–Crippen LogP) is 3.64. The molecule has 6 nitrogen and oxygen atoms in total. The summed E-state index contributed by atoms with van der Waals surface area (Å²) in [7, 11) is -4.25. The summed E-state index contributed by atoms with van der Waals surface area (Å²) in [6.45, 7) is 4.66. The zero-order chi connectivity index (χ0) is 22.3. The van der Waals surface area contributed by atoms with Gasteiger partial charge in [0, 0.05) is 19.3 Å². The third-order valence-electron chi connectivity index (χ3n) is 4.10. The highest BCUT2D eigenvalue weighted by atomic mass is 28.4. The van der Waals surface area contributed by atoms with Gasteiger partial charge in [-0.1, -0.05) is 51.1 Å². The van der Waals surface area contributed by atoms with Crippen molar-refractivity contribution in [1.82, 2.24) is 0 Å². The highest BCUT2D eigenvalue weighted by Crippen LogP contribution is 2.22. The Hall–Kier alpha value is -3.07. The molecule has 0 heterocycles. The highest BCUT2D eigenvalue weighted by Gasteiger charge is 2.55. The number of rotatable bonds is 8. The molecular weight excluding hydrogens is 414 g/mol. The lowest BCUT2D eigenvalue weighted by atomic mass is 10.1. The number of hydrogen-bond acceptors (Lipinski definition) is 6. The van der Waals surface area contributed by atoms with E-state index in [0.717, 1.165) is 12.1 Å². The summed E-state index contributed by atoms with van der Waals surface area (Å²) < 4.78 is 42.9. The molecule has 0 radical (unpaired) electrons. The van der Waals surface area contributed by atoms with Crippen LogP contribution in [0, 0.1) is 11.6 Å². The summed E-state index contributed by atoms with van der Waals surface area (Å²) in [5.41, 5.74) is 0.945. The Morgan fingerprint density at radius 2 is 1.13 bits per heavy atom. The van der Waals surface area contributed by atoms with Crippen LogP contribution in [0.1, 0.15) is 40.0 Å². The van der Waals surface area contributed by atoms with E-state index in [-0.39, 0.29) is 24.4 Å². The van der Waals surface area contributed by atoms with Gasteiger partial charge in [0.05, 0.1) is 5.19 Å². The van der Waals surface area contributed by atoms with Crippen LogP contribution in [-0.2, 0) is 27.7 Å². The monoisotopic (exact) mass is 436 g/mol. The van der Waals surface area contributed by atoms with E-state index in [4.69, 9.17) is 13.3 Å². The fraction of sp³-hybridized carbons (Fsp3) is 0.286. The third kappa shape index (κ3) is 5.50. The lowest BCUT2D eigenvalue weighted by Gasteiger charge is -2.27. The quantitative estimate of drug-likeness (QED) is 0.588. The summed E-state index contributed by atoms with van der Waals surface area (Å²) >= 11 is 0. The zero-order valence-corrected chi connectivity index (χ0v) is 17.9. The maximum atomic E-state index is 13.5. The minimum Gasteiger partial charge on any atom is -0.452 e. The van der Waals surface area contributed by atoms with Gasteiger partial charge in [0.25, 0.3) is 17.9 Å². The number of halogens is 2. The Balaban J connectivity index is 2.51. The largest absolute Gasteiger partial charge is 0.742 e. The van der Waals surface area contributed by atoms with E-state index in [1.165, 1.54) is 18.2 Å². The molecule has 0 fully saturated rings. The fourth-order valence-electron chi connectivity index (χ4n) is 2.45. The molecule has 160 valence electrons. The SMILES string of the molecule is CCC(=O)O[Si](OC(=O)CC)(OC(=O)CC)c1ccc(-c2ccc(F)c(F)c2)cc1. The van der Waals surface area contributed by atoms with E-state index in [1.54, 1.807) is 32.9 Å². The molecule has 0 unspecified atom stereocenters. The second kappa shape index (κ2) is 10.1. The van der Waals surface area contributed by atoms with Gasteiger partial charge < -0.3 is 13.3 Å². The van der Waals surface area contributed by atoms with Crippen LogP contribution in [0.3, 0.4) is 0 Å².